The molecular formula is C10H19AcN2O3-. The molecule has 16 heavy (non-hydrogen) atoms. The van der Waals surface area contributed by atoms with E-state index in [0.717, 1.165) is 0 Å². The Labute approximate surface area is 132 Å². The van der Waals surface area contributed by atoms with Gasteiger partial charge in [-0.05, 0) is 12.3 Å². The summed E-state index contributed by atoms with van der Waals surface area (Å²) in [6, 6.07) is -0.884. The molecule has 0 saturated heterocycles. The first kappa shape index (κ1) is 16.8. The van der Waals surface area contributed by atoms with Crippen molar-refractivity contribution in [3.63, 3.8) is 0 Å². The van der Waals surface area contributed by atoms with Crippen LogP contribution in [0.5, 0.6) is 0 Å². The monoisotopic (exact) mass is 442 g/mol. The van der Waals surface area contributed by atoms with E-state index in [-0.39, 0.29) is 62.4 Å². The van der Waals surface area contributed by atoms with Crippen molar-refractivity contribution < 1.29 is 59.1 Å². The van der Waals surface area contributed by atoms with Gasteiger partial charge in [-0.1, -0.05) is 19.8 Å². The van der Waals surface area contributed by atoms with E-state index >= 15 is 0 Å². The van der Waals surface area contributed by atoms with Crippen molar-refractivity contribution in [2.45, 2.75) is 38.5 Å². The zero-order chi connectivity index (χ0) is 11.7. The number of hydrogen-bond donors (Lipinski definition) is 3. The van der Waals surface area contributed by atoms with E-state index in [1.54, 1.807) is 0 Å². The van der Waals surface area contributed by atoms with Crippen LogP contribution >= 0.6 is 0 Å². The molecule has 0 bridgehead atoms. The van der Waals surface area contributed by atoms with Crippen LogP contribution < -0.4 is 5.73 Å². The third-order valence-electron chi connectivity index (χ3n) is 3.28. The summed E-state index contributed by atoms with van der Waals surface area (Å²) in [5.74, 6) is -2.18. The van der Waals surface area contributed by atoms with Crippen molar-refractivity contribution in [3.05, 3.63) is 5.73 Å². The van der Waals surface area contributed by atoms with Gasteiger partial charge in [0, 0.05) is 50.1 Å². The average molecular weight is 442 g/mol. The molecule has 5 N–H and O–H groups in total. The molecule has 0 aromatic heterocycles. The van der Waals surface area contributed by atoms with Gasteiger partial charge >= 0.3 is 5.97 Å². The Bertz CT molecular complexity index is 250. The molecule has 0 aromatic carbocycles. The topological polar surface area (TPSA) is 107 Å². The minimum Gasteiger partial charge on any atom is -0.674 e. The molecule has 5 atom stereocenters. The number of aliphatic hydroxyl groups is 1. The van der Waals surface area contributed by atoms with Gasteiger partial charge in [0.25, 0.3) is 0 Å². The number of aliphatic carboxylic acids is 1. The van der Waals surface area contributed by atoms with Gasteiger partial charge in [0.05, 0.1) is 12.0 Å². The number of rotatable bonds is 3. The van der Waals surface area contributed by atoms with Crippen LogP contribution in [-0.2, 0) is 4.79 Å². The molecule has 91 valence electrons. The second kappa shape index (κ2) is 6.65. The Balaban J connectivity index is 0.00000225. The summed E-state index contributed by atoms with van der Waals surface area (Å²) in [6.07, 6.45) is -0.717. The number of carbonyl (C=O) groups is 1. The van der Waals surface area contributed by atoms with E-state index in [2.05, 4.69) is 0 Å². The Morgan fingerprint density at radius 2 is 2.00 bits per heavy atom. The number of nitrogens with two attached hydrogens (primary N) is 1. The third-order valence-corrected chi connectivity index (χ3v) is 3.28. The summed E-state index contributed by atoms with van der Waals surface area (Å²) in [5, 5.41) is 18.7. The molecule has 1 rings (SSSR count). The molecule has 1 fully saturated rings. The zero-order valence-corrected chi connectivity index (χ0v) is 14.4. The molecule has 5 unspecified atom stereocenters. The molecule has 6 heteroatoms. The van der Waals surface area contributed by atoms with Crippen LogP contribution in [0.4, 0.5) is 0 Å². The summed E-state index contributed by atoms with van der Waals surface area (Å²) in [6.45, 7) is 3.76. The number of hydrogen-bond acceptors (Lipinski definition) is 3. The Hall–Kier alpha value is 0.792. The van der Waals surface area contributed by atoms with Crippen LogP contribution in [0, 0.1) is 61.8 Å². The molecule has 1 aliphatic carbocycles. The van der Waals surface area contributed by atoms with Gasteiger partial charge in [-0.15, -0.1) is 6.04 Å². The molecule has 1 aliphatic rings. The van der Waals surface area contributed by atoms with Crippen LogP contribution in [0.3, 0.4) is 0 Å². The van der Waals surface area contributed by atoms with Gasteiger partial charge in [-0.3, -0.25) is 4.79 Å². The van der Waals surface area contributed by atoms with Crippen molar-refractivity contribution in [2.24, 2.45) is 23.5 Å². The number of aliphatic hydroxyl groups excluding tert-OH is 1. The molecule has 1 saturated carbocycles. The maximum atomic E-state index is 10.8. The first-order chi connectivity index (χ1) is 6.86. The van der Waals surface area contributed by atoms with Crippen LogP contribution in [0.25, 0.3) is 5.73 Å². The molecule has 5 nitrogen and oxygen atoms in total. The van der Waals surface area contributed by atoms with E-state index in [9.17, 15) is 9.90 Å². The first-order valence-corrected chi connectivity index (χ1v) is 5.23. The van der Waals surface area contributed by atoms with Gasteiger partial charge in [-0.2, -0.15) is 0 Å². The average Bonchev–Trinajstić information content (AvgIpc) is 2.41. The summed E-state index contributed by atoms with van der Waals surface area (Å²) in [4.78, 5) is 10.8. The molecular weight excluding hydrogens is 423 g/mol. The SMILES string of the molecule is CC(C)C([NH-])C1C(N)CC(C(=O)O)C1O.[Ac]. The Morgan fingerprint density at radius 3 is 2.31 bits per heavy atom. The zero-order valence-electron chi connectivity index (χ0n) is 9.63. The van der Waals surface area contributed by atoms with Crippen molar-refractivity contribution in [2.75, 3.05) is 0 Å². The summed E-state index contributed by atoms with van der Waals surface area (Å²) >= 11 is 0. The normalized spacial score (nSPS) is 35.9. The number of carboxylic acids is 1. The number of carboxylic acid groups (broad SMARTS) is 1. The molecule has 0 spiro atoms. The third kappa shape index (κ3) is 3.39. The molecule has 0 amide bonds. The smallest absolute Gasteiger partial charge is 0.309 e. The van der Waals surface area contributed by atoms with Crippen molar-refractivity contribution in [1.82, 2.24) is 0 Å². The second-order valence-electron chi connectivity index (χ2n) is 4.68. The van der Waals surface area contributed by atoms with E-state index in [1.807, 2.05) is 13.8 Å². The summed E-state index contributed by atoms with van der Waals surface area (Å²) < 4.78 is 0. The van der Waals surface area contributed by atoms with Crippen molar-refractivity contribution in [1.29, 1.82) is 0 Å². The molecule has 1 radical (unpaired) electrons. The summed E-state index contributed by atoms with van der Waals surface area (Å²) in [5.41, 5.74) is 13.7. The Kier molecular flexibility index (Phi) is 6.98. The van der Waals surface area contributed by atoms with Gasteiger partial charge < -0.3 is 21.7 Å². The summed E-state index contributed by atoms with van der Waals surface area (Å²) in [7, 11) is 0. The van der Waals surface area contributed by atoms with Crippen molar-refractivity contribution in [3.8, 4) is 0 Å². The number of nitrogens with one attached hydrogen (secondary N) is 1. The fourth-order valence-corrected chi connectivity index (χ4v) is 2.28. The maximum absolute atomic E-state index is 10.8. The fraction of sp³-hybridized carbons (Fsp3) is 0.900. The van der Waals surface area contributed by atoms with Gasteiger partial charge in [0.1, 0.15) is 0 Å². The van der Waals surface area contributed by atoms with E-state index in [0.29, 0.717) is 0 Å². The van der Waals surface area contributed by atoms with E-state index in [1.165, 1.54) is 0 Å². The second-order valence-corrected chi connectivity index (χ2v) is 4.68. The largest absolute Gasteiger partial charge is 0.674 e. The Morgan fingerprint density at radius 1 is 1.50 bits per heavy atom. The van der Waals surface area contributed by atoms with Crippen LogP contribution in [0.1, 0.15) is 20.3 Å². The van der Waals surface area contributed by atoms with Gasteiger partial charge in [-0.25, -0.2) is 0 Å². The van der Waals surface area contributed by atoms with Crippen LogP contribution in [0.2, 0.25) is 0 Å². The van der Waals surface area contributed by atoms with Gasteiger partial charge in [0.2, 0.25) is 0 Å². The predicted octanol–water partition coefficient (Wildman–Crippen LogP) is 0.472. The van der Waals surface area contributed by atoms with Crippen LogP contribution in [-0.4, -0.2) is 34.4 Å². The van der Waals surface area contributed by atoms with Crippen molar-refractivity contribution >= 4 is 5.97 Å². The van der Waals surface area contributed by atoms with E-state index < -0.39 is 30.0 Å². The first-order valence-electron chi connectivity index (χ1n) is 5.23. The maximum Gasteiger partial charge on any atom is 0.309 e. The van der Waals surface area contributed by atoms with Gasteiger partial charge in [0.15, 0.2) is 0 Å². The van der Waals surface area contributed by atoms with E-state index in [4.69, 9.17) is 16.6 Å². The predicted molar refractivity (Wildman–Crippen MR) is 56.2 cm³/mol. The minimum atomic E-state index is -1.02. The molecule has 0 aromatic rings. The molecule has 0 aliphatic heterocycles. The quantitative estimate of drug-likeness (QED) is 0.591. The minimum absolute atomic E-state index is 0. The fourth-order valence-electron chi connectivity index (χ4n) is 2.28. The standard InChI is InChI=1S/C10H19N2O3.Ac/c1-4(2)8(12)7-6(11)3-5(9(7)13)10(14)15;/h4-9,12-13H,3,11H2,1-2H3,(H,14,15);/q-1;. The van der Waals surface area contributed by atoms with Crippen LogP contribution in [0.15, 0.2) is 0 Å². The molecule has 0 heterocycles.